The minimum Gasteiger partial charge on any atom is -0.387 e. The summed E-state index contributed by atoms with van der Waals surface area (Å²) in [5, 5.41) is 21.0. The zero-order valence-electron chi connectivity index (χ0n) is 14.4. The van der Waals surface area contributed by atoms with Gasteiger partial charge in [-0.05, 0) is 25.8 Å². The molecule has 1 amide bonds. The second-order valence-corrected chi connectivity index (χ2v) is 6.61. The van der Waals surface area contributed by atoms with E-state index in [9.17, 15) is 9.90 Å². The Kier molecular flexibility index (Phi) is 4.30. The highest BCUT2D eigenvalue weighted by atomic mass is 16.5. The van der Waals surface area contributed by atoms with E-state index < -0.39 is 6.10 Å². The van der Waals surface area contributed by atoms with Crippen molar-refractivity contribution in [3.8, 4) is 11.3 Å². The Morgan fingerprint density at radius 1 is 1.31 bits per heavy atom. The molecule has 3 aromatic rings. The van der Waals surface area contributed by atoms with E-state index in [1.165, 1.54) is 0 Å². The smallest absolute Gasteiger partial charge is 0.290 e. The Labute approximate surface area is 150 Å². The van der Waals surface area contributed by atoms with Crippen LogP contribution in [0.5, 0.6) is 0 Å². The molecular formula is C19H20N4O3. The molecule has 0 radical (unpaired) electrons. The lowest BCUT2D eigenvalue weighted by molar-refractivity contribution is 0.0843. The molecule has 134 valence electrons. The molecule has 1 aliphatic carbocycles. The zero-order chi connectivity index (χ0) is 18.1. The van der Waals surface area contributed by atoms with Crippen LogP contribution < -0.4 is 5.32 Å². The number of benzene rings is 1. The second kappa shape index (κ2) is 6.76. The van der Waals surface area contributed by atoms with Crippen molar-refractivity contribution in [2.45, 2.75) is 38.0 Å². The molecule has 26 heavy (non-hydrogen) atoms. The Morgan fingerprint density at radius 2 is 2.08 bits per heavy atom. The lowest BCUT2D eigenvalue weighted by Gasteiger charge is -2.36. The molecule has 1 aliphatic rings. The van der Waals surface area contributed by atoms with Gasteiger partial charge in [-0.2, -0.15) is 5.10 Å². The van der Waals surface area contributed by atoms with E-state index in [1.807, 2.05) is 41.1 Å². The van der Waals surface area contributed by atoms with Crippen LogP contribution in [0, 0.1) is 0 Å². The Morgan fingerprint density at radius 3 is 2.81 bits per heavy atom. The molecule has 1 saturated carbocycles. The van der Waals surface area contributed by atoms with Crippen LogP contribution in [-0.2, 0) is 0 Å². The summed E-state index contributed by atoms with van der Waals surface area (Å²) in [6.45, 7) is 1.72. The standard InChI is InChI=1S/C19H20N4O3/c1-12(24)17-7-8-20-23(17)15-9-14(10-15)21-19(25)18-11-16(22-26-18)13-5-3-2-4-6-13/h2-8,11-12,14-15,24H,9-10H2,1H3,(H,21,25)/t12-,14-,15+/m0/s1. The first kappa shape index (κ1) is 16.5. The fourth-order valence-corrected chi connectivity index (χ4v) is 3.25. The molecule has 0 bridgehead atoms. The summed E-state index contributed by atoms with van der Waals surface area (Å²) in [4.78, 5) is 12.4. The number of hydrogen-bond donors (Lipinski definition) is 2. The highest BCUT2D eigenvalue weighted by Gasteiger charge is 2.34. The van der Waals surface area contributed by atoms with E-state index in [0.717, 1.165) is 24.1 Å². The van der Waals surface area contributed by atoms with E-state index in [-0.39, 0.29) is 23.8 Å². The van der Waals surface area contributed by atoms with Gasteiger partial charge in [-0.15, -0.1) is 0 Å². The predicted molar refractivity (Wildman–Crippen MR) is 94.3 cm³/mol. The molecule has 4 rings (SSSR count). The molecule has 2 heterocycles. The lowest BCUT2D eigenvalue weighted by Crippen LogP contribution is -2.45. The topological polar surface area (TPSA) is 93.2 Å². The van der Waals surface area contributed by atoms with Crippen LogP contribution >= 0.6 is 0 Å². The normalized spacial score (nSPS) is 20.4. The van der Waals surface area contributed by atoms with Gasteiger partial charge in [0.25, 0.3) is 5.91 Å². The molecule has 1 fully saturated rings. The van der Waals surface area contributed by atoms with E-state index in [1.54, 1.807) is 19.2 Å². The monoisotopic (exact) mass is 352 g/mol. The van der Waals surface area contributed by atoms with Gasteiger partial charge in [0.1, 0.15) is 5.69 Å². The van der Waals surface area contributed by atoms with Crippen LogP contribution in [-0.4, -0.2) is 32.0 Å². The first-order chi connectivity index (χ1) is 12.6. The van der Waals surface area contributed by atoms with Crippen molar-refractivity contribution in [1.82, 2.24) is 20.3 Å². The summed E-state index contributed by atoms with van der Waals surface area (Å²) in [5.41, 5.74) is 2.34. The summed E-state index contributed by atoms with van der Waals surface area (Å²) in [7, 11) is 0. The molecule has 7 heteroatoms. The molecule has 2 N–H and O–H groups in total. The molecule has 1 atom stereocenters. The average molecular weight is 352 g/mol. The van der Waals surface area contributed by atoms with Crippen LogP contribution in [0.3, 0.4) is 0 Å². The van der Waals surface area contributed by atoms with E-state index in [2.05, 4.69) is 15.6 Å². The molecule has 0 aliphatic heterocycles. The molecule has 7 nitrogen and oxygen atoms in total. The van der Waals surface area contributed by atoms with Gasteiger partial charge in [0.05, 0.1) is 17.8 Å². The van der Waals surface area contributed by atoms with Crippen molar-refractivity contribution in [2.24, 2.45) is 0 Å². The highest BCUT2D eigenvalue weighted by Crippen LogP contribution is 2.34. The third-order valence-corrected chi connectivity index (χ3v) is 4.73. The lowest BCUT2D eigenvalue weighted by atomic mass is 9.86. The largest absolute Gasteiger partial charge is 0.387 e. The van der Waals surface area contributed by atoms with E-state index in [0.29, 0.717) is 5.69 Å². The maximum absolute atomic E-state index is 12.4. The van der Waals surface area contributed by atoms with Crippen molar-refractivity contribution in [3.05, 3.63) is 60.1 Å². The summed E-state index contributed by atoms with van der Waals surface area (Å²) >= 11 is 0. The van der Waals surface area contributed by atoms with Gasteiger partial charge in [0, 0.05) is 23.9 Å². The van der Waals surface area contributed by atoms with Gasteiger partial charge in [0.15, 0.2) is 0 Å². The predicted octanol–water partition coefficient (Wildman–Crippen LogP) is 2.72. The number of aliphatic hydroxyl groups is 1. The van der Waals surface area contributed by atoms with Crippen LogP contribution in [0.2, 0.25) is 0 Å². The number of nitrogens with one attached hydrogen (secondary N) is 1. The number of hydrogen-bond acceptors (Lipinski definition) is 5. The van der Waals surface area contributed by atoms with Crippen molar-refractivity contribution < 1.29 is 14.4 Å². The van der Waals surface area contributed by atoms with E-state index >= 15 is 0 Å². The quantitative estimate of drug-likeness (QED) is 0.736. The van der Waals surface area contributed by atoms with Gasteiger partial charge in [0.2, 0.25) is 5.76 Å². The fraction of sp³-hybridized carbons (Fsp3) is 0.316. The van der Waals surface area contributed by atoms with Crippen LogP contribution in [0.1, 0.15) is 48.2 Å². The molecule has 2 aromatic heterocycles. The van der Waals surface area contributed by atoms with Crippen LogP contribution in [0.4, 0.5) is 0 Å². The van der Waals surface area contributed by atoms with Crippen molar-refractivity contribution in [1.29, 1.82) is 0 Å². The Hall–Kier alpha value is -2.93. The molecule has 0 saturated heterocycles. The highest BCUT2D eigenvalue weighted by molar-refractivity contribution is 5.92. The zero-order valence-corrected chi connectivity index (χ0v) is 14.4. The van der Waals surface area contributed by atoms with Crippen LogP contribution in [0.15, 0.2) is 53.2 Å². The SMILES string of the molecule is C[C@H](O)c1ccnn1[C@H]1C[C@@H](NC(=O)c2cc(-c3ccccc3)no2)C1. The summed E-state index contributed by atoms with van der Waals surface area (Å²) in [5.74, 6) is -0.0598. The number of rotatable bonds is 5. The second-order valence-electron chi connectivity index (χ2n) is 6.61. The number of carbonyl (C=O) groups excluding carboxylic acids is 1. The summed E-state index contributed by atoms with van der Waals surface area (Å²) in [6, 6.07) is 13.3. The van der Waals surface area contributed by atoms with Gasteiger partial charge >= 0.3 is 0 Å². The number of aliphatic hydroxyl groups excluding tert-OH is 1. The van der Waals surface area contributed by atoms with Gasteiger partial charge < -0.3 is 14.9 Å². The fourth-order valence-electron chi connectivity index (χ4n) is 3.25. The number of aromatic nitrogens is 3. The number of amides is 1. The van der Waals surface area contributed by atoms with Crippen molar-refractivity contribution in [3.63, 3.8) is 0 Å². The average Bonchev–Trinajstić information content (AvgIpc) is 3.27. The maximum Gasteiger partial charge on any atom is 0.290 e. The minimum absolute atomic E-state index is 0.0591. The van der Waals surface area contributed by atoms with E-state index in [4.69, 9.17) is 4.52 Å². The first-order valence-electron chi connectivity index (χ1n) is 8.66. The molecular weight excluding hydrogens is 332 g/mol. The summed E-state index contributed by atoms with van der Waals surface area (Å²) in [6.07, 6.45) is 2.67. The number of carbonyl (C=O) groups is 1. The minimum atomic E-state index is -0.559. The third-order valence-electron chi connectivity index (χ3n) is 4.73. The maximum atomic E-state index is 12.4. The molecule has 0 spiro atoms. The first-order valence-corrected chi connectivity index (χ1v) is 8.66. The number of nitrogens with zero attached hydrogens (tertiary/aromatic N) is 3. The van der Waals surface area contributed by atoms with Gasteiger partial charge in [-0.3, -0.25) is 9.48 Å². The molecule has 0 unspecified atom stereocenters. The molecule has 1 aromatic carbocycles. The van der Waals surface area contributed by atoms with Crippen LogP contribution in [0.25, 0.3) is 11.3 Å². The Balaban J connectivity index is 1.36. The van der Waals surface area contributed by atoms with Crippen molar-refractivity contribution in [2.75, 3.05) is 0 Å². The van der Waals surface area contributed by atoms with Gasteiger partial charge in [-0.1, -0.05) is 35.5 Å². The Bertz CT molecular complexity index is 894. The van der Waals surface area contributed by atoms with Gasteiger partial charge in [-0.25, -0.2) is 0 Å². The third kappa shape index (κ3) is 3.13. The summed E-state index contributed by atoms with van der Waals surface area (Å²) < 4.78 is 7.03. The van der Waals surface area contributed by atoms with Crippen molar-refractivity contribution >= 4 is 5.91 Å².